The molecule has 0 aliphatic carbocycles. The first kappa shape index (κ1) is 16.4. The Morgan fingerprint density at radius 1 is 1.23 bits per heavy atom. The topological polar surface area (TPSA) is 54.2 Å². The van der Waals surface area contributed by atoms with Crippen LogP contribution in [0.1, 0.15) is 17.5 Å². The summed E-state index contributed by atoms with van der Waals surface area (Å²) in [5, 5.41) is 11.5. The second-order valence-electron chi connectivity index (χ2n) is 5.10. The molecule has 0 saturated heterocycles. The summed E-state index contributed by atoms with van der Waals surface area (Å²) in [5.74, 6) is 0.807. The summed E-state index contributed by atoms with van der Waals surface area (Å²) in [6.07, 6.45) is 6.00. The predicted octanol–water partition coefficient (Wildman–Crippen LogP) is 2.37. The average molecular weight is 320 g/mol. The largest absolute Gasteiger partial charge is 0.356 e. The Bertz CT molecular complexity index is 603. The van der Waals surface area contributed by atoms with Gasteiger partial charge in [0.25, 0.3) is 0 Å². The molecule has 0 aliphatic rings. The van der Waals surface area contributed by atoms with Gasteiger partial charge in [-0.1, -0.05) is 23.7 Å². The number of rotatable bonds is 6. The van der Waals surface area contributed by atoms with Crippen molar-refractivity contribution in [2.75, 3.05) is 13.6 Å². The van der Waals surface area contributed by atoms with Crippen LogP contribution in [0.25, 0.3) is 0 Å². The van der Waals surface area contributed by atoms with Crippen molar-refractivity contribution in [2.45, 2.75) is 19.4 Å². The molecule has 2 rings (SSSR count). The van der Waals surface area contributed by atoms with Crippen LogP contribution in [-0.2, 0) is 20.0 Å². The van der Waals surface area contributed by atoms with Gasteiger partial charge in [0.2, 0.25) is 0 Å². The van der Waals surface area contributed by atoms with Crippen LogP contribution >= 0.6 is 11.6 Å². The normalized spacial score (nSPS) is 11.5. The van der Waals surface area contributed by atoms with E-state index in [1.807, 2.05) is 48.4 Å². The van der Waals surface area contributed by atoms with Crippen molar-refractivity contribution in [3.05, 3.63) is 52.8 Å². The zero-order chi connectivity index (χ0) is 15.8. The lowest BCUT2D eigenvalue weighted by Gasteiger charge is -2.11. The van der Waals surface area contributed by atoms with Gasteiger partial charge in [0.05, 0.1) is 6.20 Å². The molecule has 0 bridgehead atoms. The molecular formula is C16H22ClN5. The molecule has 1 aromatic carbocycles. The Balaban J connectivity index is 1.67. The third kappa shape index (κ3) is 5.41. The molecule has 0 aliphatic heterocycles. The van der Waals surface area contributed by atoms with E-state index < -0.39 is 0 Å². The van der Waals surface area contributed by atoms with E-state index in [1.54, 1.807) is 7.05 Å². The minimum atomic E-state index is 0.722. The van der Waals surface area contributed by atoms with Gasteiger partial charge >= 0.3 is 0 Å². The number of hydrogen-bond donors (Lipinski definition) is 2. The van der Waals surface area contributed by atoms with Crippen molar-refractivity contribution >= 4 is 17.6 Å². The van der Waals surface area contributed by atoms with Gasteiger partial charge < -0.3 is 10.6 Å². The molecule has 1 aromatic heterocycles. The minimum Gasteiger partial charge on any atom is -0.356 e. The summed E-state index contributed by atoms with van der Waals surface area (Å²) < 4.78 is 1.83. The Morgan fingerprint density at radius 2 is 2.00 bits per heavy atom. The molecule has 0 fully saturated rings. The molecule has 0 atom stereocenters. The van der Waals surface area contributed by atoms with Gasteiger partial charge in [0.15, 0.2) is 5.96 Å². The second kappa shape index (κ2) is 8.44. The third-order valence-electron chi connectivity index (χ3n) is 3.29. The zero-order valence-corrected chi connectivity index (χ0v) is 13.8. The van der Waals surface area contributed by atoms with Crippen molar-refractivity contribution in [3.8, 4) is 0 Å². The molecular weight excluding hydrogens is 298 g/mol. The molecule has 5 nitrogen and oxygen atoms in total. The zero-order valence-electron chi connectivity index (χ0n) is 13.0. The van der Waals surface area contributed by atoms with Gasteiger partial charge in [0.1, 0.15) is 0 Å². The number of benzene rings is 1. The molecule has 0 radical (unpaired) electrons. The highest BCUT2D eigenvalue weighted by atomic mass is 35.5. The lowest BCUT2D eigenvalue weighted by atomic mass is 10.2. The summed E-state index contributed by atoms with van der Waals surface area (Å²) in [4.78, 5) is 4.22. The van der Waals surface area contributed by atoms with Gasteiger partial charge in [-0.25, -0.2) is 0 Å². The van der Waals surface area contributed by atoms with Gasteiger partial charge in [-0.05, 0) is 36.1 Å². The van der Waals surface area contributed by atoms with E-state index in [9.17, 15) is 0 Å². The van der Waals surface area contributed by atoms with Crippen molar-refractivity contribution < 1.29 is 0 Å². The van der Waals surface area contributed by atoms with Gasteiger partial charge in [-0.15, -0.1) is 0 Å². The van der Waals surface area contributed by atoms with Crippen molar-refractivity contribution in [1.29, 1.82) is 0 Å². The standard InChI is InChI=1S/C16H22ClN5/c1-18-16(20-10-13-5-7-15(17)8-6-13)19-9-3-4-14-11-21-22(2)12-14/h5-8,11-12H,3-4,9-10H2,1-2H3,(H2,18,19,20). The van der Waals surface area contributed by atoms with Gasteiger partial charge in [-0.2, -0.15) is 5.10 Å². The summed E-state index contributed by atoms with van der Waals surface area (Å²) in [7, 11) is 3.71. The monoisotopic (exact) mass is 319 g/mol. The number of guanidine groups is 1. The summed E-state index contributed by atoms with van der Waals surface area (Å²) in [6, 6.07) is 7.79. The van der Waals surface area contributed by atoms with E-state index in [1.165, 1.54) is 11.1 Å². The van der Waals surface area contributed by atoms with Crippen LogP contribution in [0, 0.1) is 0 Å². The smallest absolute Gasteiger partial charge is 0.191 e. The molecule has 2 N–H and O–H groups in total. The Morgan fingerprint density at radius 3 is 2.64 bits per heavy atom. The predicted molar refractivity (Wildman–Crippen MR) is 91.2 cm³/mol. The molecule has 0 amide bonds. The van der Waals surface area contributed by atoms with E-state index in [0.29, 0.717) is 0 Å². The third-order valence-corrected chi connectivity index (χ3v) is 3.54. The highest BCUT2D eigenvalue weighted by Gasteiger charge is 2.00. The molecule has 0 saturated carbocycles. The van der Waals surface area contributed by atoms with E-state index >= 15 is 0 Å². The highest BCUT2D eigenvalue weighted by Crippen LogP contribution is 2.09. The van der Waals surface area contributed by atoms with E-state index in [0.717, 1.165) is 36.9 Å². The number of aliphatic imine (C=N–C) groups is 1. The first-order valence-corrected chi connectivity index (χ1v) is 7.71. The fraction of sp³-hybridized carbons (Fsp3) is 0.375. The van der Waals surface area contributed by atoms with Crippen LogP contribution in [-0.4, -0.2) is 29.3 Å². The van der Waals surface area contributed by atoms with Gasteiger partial charge in [0, 0.05) is 38.4 Å². The van der Waals surface area contributed by atoms with Crippen molar-refractivity contribution in [2.24, 2.45) is 12.0 Å². The van der Waals surface area contributed by atoms with Crippen LogP contribution < -0.4 is 10.6 Å². The molecule has 2 aromatic rings. The first-order chi connectivity index (χ1) is 10.7. The summed E-state index contributed by atoms with van der Waals surface area (Å²) >= 11 is 5.88. The lowest BCUT2D eigenvalue weighted by Crippen LogP contribution is -2.37. The van der Waals surface area contributed by atoms with Gasteiger partial charge in [-0.3, -0.25) is 9.67 Å². The maximum absolute atomic E-state index is 5.88. The SMILES string of the molecule is CN=C(NCCCc1cnn(C)c1)NCc1ccc(Cl)cc1. The summed E-state index contributed by atoms with van der Waals surface area (Å²) in [5.41, 5.74) is 2.43. The lowest BCUT2D eigenvalue weighted by molar-refractivity contribution is 0.739. The number of hydrogen-bond acceptors (Lipinski definition) is 2. The van der Waals surface area contributed by atoms with Crippen LogP contribution in [0.4, 0.5) is 0 Å². The quantitative estimate of drug-likeness (QED) is 0.488. The molecule has 0 unspecified atom stereocenters. The van der Waals surface area contributed by atoms with Crippen LogP contribution in [0.5, 0.6) is 0 Å². The maximum Gasteiger partial charge on any atom is 0.191 e. The average Bonchev–Trinajstić information content (AvgIpc) is 2.94. The van der Waals surface area contributed by atoms with Crippen molar-refractivity contribution in [3.63, 3.8) is 0 Å². The molecule has 6 heteroatoms. The molecule has 1 heterocycles. The van der Waals surface area contributed by atoms with Crippen LogP contribution in [0.15, 0.2) is 41.7 Å². The van der Waals surface area contributed by atoms with Crippen molar-refractivity contribution in [1.82, 2.24) is 20.4 Å². The Labute approximate surface area is 136 Å². The van der Waals surface area contributed by atoms with Crippen LogP contribution in [0.3, 0.4) is 0 Å². The van der Waals surface area contributed by atoms with E-state index in [-0.39, 0.29) is 0 Å². The number of nitrogens with zero attached hydrogens (tertiary/aromatic N) is 3. The first-order valence-electron chi connectivity index (χ1n) is 7.34. The minimum absolute atomic E-state index is 0.722. The fourth-order valence-corrected chi connectivity index (χ4v) is 2.23. The molecule has 118 valence electrons. The van der Waals surface area contributed by atoms with E-state index in [2.05, 4.69) is 20.7 Å². The maximum atomic E-state index is 5.88. The summed E-state index contributed by atoms with van der Waals surface area (Å²) in [6.45, 7) is 1.59. The number of aromatic nitrogens is 2. The number of nitrogens with one attached hydrogen (secondary N) is 2. The highest BCUT2D eigenvalue weighted by molar-refractivity contribution is 6.30. The Kier molecular flexibility index (Phi) is 6.27. The molecule has 0 spiro atoms. The van der Waals surface area contributed by atoms with Crippen LogP contribution in [0.2, 0.25) is 5.02 Å². The number of halogens is 1. The number of aryl methyl sites for hydroxylation is 2. The molecule has 22 heavy (non-hydrogen) atoms. The van der Waals surface area contributed by atoms with E-state index in [4.69, 9.17) is 11.6 Å². The Hall–Kier alpha value is -2.01. The fourth-order valence-electron chi connectivity index (χ4n) is 2.11. The second-order valence-corrected chi connectivity index (χ2v) is 5.54.